The molecule has 14 heavy (non-hydrogen) atoms. The zero-order valence-corrected chi connectivity index (χ0v) is 11.7. The van der Waals surface area contributed by atoms with E-state index in [-0.39, 0.29) is 0 Å². The number of thiophene rings is 1. The first-order chi connectivity index (χ1) is 6.76. The molecule has 0 unspecified atom stereocenters. The molecule has 0 bridgehead atoms. The van der Waals surface area contributed by atoms with Crippen molar-refractivity contribution in [2.75, 3.05) is 6.26 Å². The topological polar surface area (TPSA) is 0 Å². The van der Waals surface area contributed by atoms with E-state index in [1.54, 1.807) is 23.1 Å². The fourth-order valence-corrected chi connectivity index (χ4v) is 4.08. The second-order valence-electron chi connectivity index (χ2n) is 2.91. The zero-order chi connectivity index (χ0) is 10.1. The van der Waals surface area contributed by atoms with Crippen molar-refractivity contribution >= 4 is 61.7 Å². The van der Waals surface area contributed by atoms with Gasteiger partial charge in [0.2, 0.25) is 0 Å². The molecule has 0 radical (unpaired) electrons. The minimum atomic E-state index is 0.923. The molecule has 2 aromatic rings. The predicted octanol–water partition coefficient (Wildman–Crippen LogP) is 4.81. The Hall–Kier alpha value is 0.360. The van der Waals surface area contributed by atoms with E-state index in [1.165, 1.54) is 20.5 Å². The van der Waals surface area contributed by atoms with Crippen molar-refractivity contribution in [3.63, 3.8) is 0 Å². The summed E-state index contributed by atoms with van der Waals surface area (Å²) < 4.78 is 1.32. The highest BCUT2D eigenvalue weighted by atomic mass is 79.9. The summed E-state index contributed by atoms with van der Waals surface area (Å²) in [5.41, 5.74) is 1.37. The summed E-state index contributed by atoms with van der Waals surface area (Å²) in [5, 5.41) is 4.48. The minimum absolute atomic E-state index is 0.923. The average molecular weight is 305 g/mol. The summed E-state index contributed by atoms with van der Waals surface area (Å²) in [6, 6.07) is 4.39. The largest absolute Gasteiger partial charge is 0.143 e. The van der Waals surface area contributed by atoms with Gasteiger partial charge in [0.05, 0.1) is 0 Å². The molecule has 0 aliphatic heterocycles. The Bertz CT molecular complexity index is 462. The number of hydrogen-bond acceptors (Lipinski definition) is 3. The minimum Gasteiger partial charge on any atom is -0.143 e. The zero-order valence-electron chi connectivity index (χ0n) is 7.58. The van der Waals surface area contributed by atoms with Crippen LogP contribution in [-0.4, -0.2) is 6.26 Å². The number of alkyl halides is 1. The molecule has 0 aliphatic carbocycles. The molecule has 0 N–H and O–H groups in total. The lowest BCUT2D eigenvalue weighted by Crippen LogP contribution is -1.77. The van der Waals surface area contributed by atoms with Crippen molar-refractivity contribution in [3.05, 3.63) is 23.1 Å². The Kier molecular flexibility index (Phi) is 3.47. The van der Waals surface area contributed by atoms with Crippen LogP contribution in [0.15, 0.2) is 27.3 Å². The van der Waals surface area contributed by atoms with Crippen LogP contribution in [0.2, 0.25) is 0 Å². The third-order valence-electron chi connectivity index (χ3n) is 2.10. The summed E-state index contributed by atoms with van der Waals surface area (Å²) in [7, 11) is 0. The SMILES string of the molecule is CSc1cc2c(CBr)csc2cc1S. The van der Waals surface area contributed by atoms with E-state index in [0.29, 0.717) is 0 Å². The molecule has 0 saturated heterocycles. The van der Waals surface area contributed by atoms with Gasteiger partial charge < -0.3 is 0 Å². The molecule has 0 spiro atoms. The highest BCUT2D eigenvalue weighted by Crippen LogP contribution is 2.34. The Morgan fingerprint density at radius 1 is 1.50 bits per heavy atom. The van der Waals surface area contributed by atoms with Crippen LogP contribution >= 0.6 is 51.7 Å². The fraction of sp³-hybridized carbons (Fsp3) is 0.200. The van der Waals surface area contributed by atoms with E-state index >= 15 is 0 Å². The van der Waals surface area contributed by atoms with E-state index in [2.05, 4.69) is 52.3 Å². The van der Waals surface area contributed by atoms with E-state index in [4.69, 9.17) is 0 Å². The normalized spacial score (nSPS) is 11.1. The first kappa shape index (κ1) is 10.9. The van der Waals surface area contributed by atoms with Crippen LogP contribution in [-0.2, 0) is 5.33 Å². The lowest BCUT2D eigenvalue weighted by molar-refractivity contribution is 1.29. The third kappa shape index (κ3) is 1.85. The van der Waals surface area contributed by atoms with E-state index < -0.39 is 0 Å². The summed E-state index contributed by atoms with van der Waals surface area (Å²) in [6.07, 6.45) is 2.08. The highest BCUT2D eigenvalue weighted by Gasteiger charge is 2.06. The quantitative estimate of drug-likeness (QED) is 0.472. The number of benzene rings is 1. The van der Waals surface area contributed by atoms with Crippen LogP contribution in [0.4, 0.5) is 0 Å². The maximum absolute atomic E-state index is 4.47. The van der Waals surface area contributed by atoms with Crippen LogP contribution in [0, 0.1) is 0 Å². The van der Waals surface area contributed by atoms with Gasteiger partial charge in [-0.3, -0.25) is 0 Å². The number of thiol groups is 1. The first-order valence-corrected chi connectivity index (χ1v) is 7.76. The molecule has 0 atom stereocenters. The van der Waals surface area contributed by atoms with Crippen molar-refractivity contribution in [1.82, 2.24) is 0 Å². The molecule has 2 rings (SSSR count). The lowest BCUT2D eigenvalue weighted by atomic mass is 10.2. The number of thioether (sulfide) groups is 1. The maximum Gasteiger partial charge on any atom is 0.0357 e. The molecular formula is C10H9BrS3. The number of hydrogen-bond donors (Lipinski definition) is 1. The Labute approximate surface area is 106 Å². The molecule has 1 aromatic heterocycles. The third-order valence-corrected chi connectivity index (χ3v) is 5.00. The summed E-state index contributed by atoms with van der Waals surface area (Å²) >= 11 is 11.5. The average Bonchev–Trinajstić information content (AvgIpc) is 2.58. The van der Waals surface area contributed by atoms with Gasteiger partial charge in [0.15, 0.2) is 0 Å². The second-order valence-corrected chi connectivity index (χ2v) is 5.72. The molecule has 1 heterocycles. The van der Waals surface area contributed by atoms with Crippen LogP contribution in [0.25, 0.3) is 10.1 Å². The molecule has 0 aliphatic rings. The smallest absolute Gasteiger partial charge is 0.0357 e. The molecule has 0 nitrogen and oxygen atoms in total. The van der Waals surface area contributed by atoms with Gasteiger partial charge in [-0.05, 0) is 34.7 Å². The molecule has 4 heteroatoms. The van der Waals surface area contributed by atoms with Gasteiger partial charge in [0.25, 0.3) is 0 Å². The maximum atomic E-state index is 4.47. The van der Waals surface area contributed by atoms with Gasteiger partial charge in [0, 0.05) is 19.8 Å². The predicted molar refractivity (Wildman–Crippen MR) is 73.5 cm³/mol. The fourth-order valence-electron chi connectivity index (χ4n) is 1.36. The Morgan fingerprint density at radius 2 is 2.29 bits per heavy atom. The number of rotatable bonds is 2. The number of fused-ring (bicyclic) bond motifs is 1. The van der Waals surface area contributed by atoms with Crippen molar-refractivity contribution < 1.29 is 0 Å². The van der Waals surface area contributed by atoms with Gasteiger partial charge in [-0.1, -0.05) is 15.9 Å². The van der Waals surface area contributed by atoms with Gasteiger partial charge in [-0.25, -0.2) is 0 Å². The summed E-state index contributed by atoms with van der Waals surface area (Å²) in [5.74, 6) is 0. The van der Waals surface area contributed by atoms with Gasteiger partial charge >= 0.3 is 0 Å². The van der Waals surface area contributed by atoms with E-state index in [1.807, 2.05) is 0 Å². The molecule has 0 amide bonds. The van der Waals surface area contributed by atoms with E-state index in [9.17, 15) is 0 Å². The van der Waals surface area contributed by atoms with Crippen molar-refractivity contribution in [2.24, 2.45) is 0 Å². The Balaban J connectivity index is 2.70. The van der Waals surface area contributed by atoms with Crippen molar-refractivity contribution in [1.29, 1.82) is 0 Å². The Morgan fingerprint density at radius 3 is 2.93 bits per heavy atom. The monoisotopic (exact) mass is 304 g/mol. The van der Waals surface area contributed by atoms with Crippen molar-refractivity contribution in [3.8, 4) is 0 Å². The standard InChI is InChI=1S/C10H9BrS3/c1-13-10-2-7-6(4-11)5-14-9(7)3-8(10)12/h2-3,5,12H,4H2,1H3. The van der Waals surface area contributed by atoms with Crippen molar-refractivity contribution in [2.45, 2.75) is 15.1 Å². The summed E-state index contributed by atoms with van der Waals surface area (Å²) in [4.78, 5) is 2.33. The second kappa shape index (κ2) is 4.47. The van der Waals surface area contributed by atoms with Gasteiger partial charge in [0.1, 0.15) is 0 Å². The lowest BCUT2D eigenvalue weighted by Gasteiger charge is -2.02. The van der Waals surface area contributed by atoms with Crippen LogP contribution in [0.5, 0.6) is 0 Å². The molecule has 0 saturated carbocycles. The number of halogens is 1. The molecular weight excluding hydrogens is 296 g/mol. The van der Waals surface area contributed by atoms with Gasteiger partial charge in [-0.15, -0.1) is 35.7 Å². The van der Waals surface area contributed by atoms with Gasteiger partial charge in [-0.2, -0.15) is 0 Å². The van der Waals surface area contributed by atoms with Crippen LogP contribution < -0.4 is 0 Å². The highest BCUT2D eigenvalue weighted by molar-refractivity contribution is 9.08. The molecule has 0 fully saturated rings. The van der Waals surface area contributed by atoms with Crippen LogP contribution in [0.3, 0.4) is 0 Å². The summed E-state index contributed by atoms with van der Waals surface area (Å²) in [6.45, 7) is 0. The molecule has 1 aromatic carbocycles. The van der Waals surface area contributed by atoms with E-state index in [0.717, 1.165) is 10.2 Å². The molecule has 74 valence electrons. The first-order valence-electron chi connectivity index (χ1n) is 4.09. The van der Waals surface area contributed by atoms with Crippen LogP contribution in [0.1, 0.15) is 5.56 Å².